The van der Waals surface area contributed by atoms with Gasteiger partial charge in [0.2, 0.25) is 0 Å². The van der Waals surface area contributed by atoms with Crippen molar-refractivity contribution < 1.29 is 62.3 Å². The summed E-state index contributed by atoms with van der Waals surface area (Å²) < 4.78 is 163. The number of carbonyl (C=O) groups is 2. The molecule has 2 atom stereocenters. The molecule has 0 spiro atoms. The summed E-state index contributed by atoms with van der Waals surface area (Å²) in [6.45, 7) is 0. The highest BCUT2D eigenvalue weighted by Gasteiger charge is 2.82. The Morgan fingerprint density at radius 3 is 1.93 bits per heavy atom. The third kappa shape index (κ3) is 5.70. The zero-order chi connectivity index (χ0) is 32.1. The zero-order valence-electron chi connectivity index (χ0n) is 20.5. The van der Waals surface area contributed by atoms with Crippen molar-refractivity contribution >= 4 is 40.1 Å². The number of alkyl halides is 11. The number of rotatable bonds is 5. The van der Waals surface area contributed by atoms with Gasteiger partial charge in [0.05, 0.1) is 22.9 Å². The Morgan fingerprint density at radius 1 is 0.881 bits per heavy atom. The average Bonchev–Trinajstić information content (AvgIpc) is 2.87. The summed E-state index contributed by atoms with van der Waals surface area (Å²) in [6, 6.07) is 2.90. The molecule has 2 amide bonds. The Balaban J connectivity index is 2.10. The lowest BCUT2D eigenvalue weighted by molar-refractivity contribution is -0.347. The Bertz CT molecular complexity index is 1420. The van der Waals surface area contributed by atoms with Gasteiger partial charge in [0.25, 0.3) is 11.8 Å². The van der Waals surface area contributed by atoms with Crippen LogP contribution in [0.4, 0.5) is 58.4 Å². The molecule has 1 aliphatic carbocycles. The van der Waals surface area contributed by atoms with Gasteiger partial charge in [-0.2, -0.15) is 39.5 Å². The number of nitrogens with zero attached hydrogens (tertiary/aromatic N) is 1. The van der Waals surface area contributed by atoms with Crippen LogP contribution in [0.15, 0.2) is 66.3 Å². The second-order valence-electron chi connectivity index (χ2n) is 8.82. The second-order valence-corrected chi connectivity index (χ2v) is 10.6. The maximum absolute atomic E-state index is 15.4. The third-order valence-electron chi connectivity index (χ3n) is 6.24. The second kappa shape index (κ2) is 11.1. The number of hydrogen-bond donors (Lipinski definition) is 1. The summed E-state index contributed by atoms with van der Waals surface area (Å²) in [4.78, 5) is 26.3. The molecule has 3 rings (SSSR count). The third-order valence-corrected chi connectivity index (χ3v) is 7.96. The molecule has 0 saturated heterocycles. The van der Waals surface area contributed by atoms with Gasteiger partial charge in [0.15, 0.2) is 5.82 Å². The van der Waals surface area contributed by atoms with Gasteiger partial charge in [-0.05, 0) is 36.4 Å². The van der Waals surface area contributed by atoms with Crippen LogP contribution in [-0.2, 0) is 0 Å². The number of nitrogens with one attached hydrogen (secondary N) is 1. The maximum Gasteiger partial charge on any atom is 0.433 e. The van der Waals surface area contributed by atoms with Crippen molar-refractivity contribution in [2.24, 2.45) is 0 Å². The summed E-state index contributed by atoms with van der Waals surface area (Å²) in [7, 11) is 0.988. The Labute approximate surface area is 242 Å². The van der Waals surface area contributed by atoms with Crippen LogP contribution in [0.5, 0.6) is 0 Å². The van der Waals surface area contributed by atoms with Crippen LogP contribution in [0.1, 0.15) is 20.7 Å². The van der Waals surface area contributed by atoms with E-state index in [1.165, 1.54) is 5.32 Å². The molecule has 0 aliphatic heterocycles. The smallest absolute Gasteiger partial charge is 0.343 e. The molecule has 2 aromatic rings. The predicted octanol–water partition coefficient (Wildman–Crippen LogP) is 7.41. The topological polar surface area (TPSA) is 49.4 Å². The molecular weight excluding hydrogens is 715 g/mol. The summed E-state index contributed by atoms with van der Waals surface area (Å²) in [5, 5.41) is 1.30. The van der Waals surface area contributed by atoms with Gasteiger partial charge in [0.1, 0.15) is 9.24 Å². The number of allylic oxidation sites excluding steroid dienone is 2. The van der Waals surface area contributed by atoms with E-state index in [-0.39, 0.29) is 46.4 Å². The van der Waals surface area contributed by atoms with E-state index in [1.54, 1.807) is 0 Å². The quantitative estimate of drug-likeness (QED) is 0.198. The SMILES string of the molecule is CN(C(=O)c1ccc(F)cc1)c1cccc(C(=O)NC2C(C(F)(F)F)=CC=CC2(I)C(F)(C(F)(F)F)C(F)(F)F)c1F. The first-order valence-corrected chi connectivity index (χ1v) is 12.3. The summed E-state index contributed by atoms with van der Waals surface area (Å²) in [6.07, 6.45) is -19.3. The monoisotopic (exact) mass is 730 g/mol. The number of anilines is 1. The highest BCUT2D eigenvalue weighted by molar-refractivity contribution is 14.1. The molecule has 0 radical (unpaired) electrons. The number of hydrogen-bond acceptors (Lipinski definition) is 2. The molecule has 228 valence electrons. The van der Waals surface area contributed by atoms with Crippen LogP contribution < -0.4 is 10.2 Å². The van der Waals surface area contributed by atoms with E-state index in [1.807, 2.05) is 0 Å². The minimum Gasteiger partial charge on any atom is -0.343 e. The van der Waals surface area contributed by atoms with Crippen molar-refractivity contribution in [2.75, 3.05) is 11.9 Å². The largest absolute Gasteiger partial charge is 0.433 e. The minimum absolute atomic E-state index is 0.0386. The van der Waals surface area contributed by atoms with E-state index in [0.717, 1.165) is 43.4 Å². The molecule has 0 bridgehead atoms. The highest BCUT2D eigenvalue weighted by atomic mass is 127. The highest BCUT2D eigenvalue weighted by Crippen LogP contribution is 2.60. The first-order chi connectivity index (χ1) is 19.1. The Kier molecular flexibility index (Phi) is 8.79. The maximum atomic E-state index is 15.4. The molecule has 42 heavy (non-hydrogen) atoms. The fourth-order valence-corrected chi connectivity index (χ4v) is 5.43. The predicted molar refractivity (Wildman–Crippen MR) is 133 cm³/mol. The van der Waals surface area contributed by atoms with Gasteiger partial charge in [-0.1, -0.05) is 46.9 Å². The van der Waals surface area contributed by atoms with Crippen molar-refractivity contribution in [1.29, 1.82) is 0 Å². The lowest BCUT2D eigenvalue weighted by atomic mass is 9.76. The van der Waals surface area contributed by atoms with Crippen LogP contribution in [0, 0.1) is 11.6 Å². The van der Waals surface area contributed by atoms with Gasteiger partial charge < -0.3 is 10.2 Å². The van der Waals surface area contributed by atoms with Crippen LogP contribution in [0.25, 0.3) is 0 Å². The molecule has 0 aromatic heterocycles. The summed E-state index contributed by atoms with van der Waals surface area (Å²) in [5.41, 5.74) is -10.6. The first-order valence-electron chi connectivity index (χ1n) is 11.2. The normalized spacial score (nSPS) is 19.8. The van der Waals surface area contributed by atoms with Gasteiger partial charge in [-0.15, -0.1) is 0 Å². The molecule has 0 heterocycles. The molecule has 0 saturated carbocycles. The summed E-state index contributed by atoms with van der Waals surface area (Å²) in [5.74, 6) is -5.26. The van der Waals surface area contributed by atoms with Crippen LogP contribution >= 0.6 is 22.6 Å². The summed E-state index contributed by atoms with van der Waals surface area (Å²) >= 11 is 0.202. The van der Waals surface area contributed by atoms with Crippen molar-refractivity contribution in [3.05, 3.63) is 89.0 Å². The van der Waals surface area contributed by atoms with Crippen LogP contribution in [0.3, 0.4) is 0 Å². The van der Waals surface area contributed by atoms with Gasteiger partial charge in [-0.25, -0.2) is 13.2 Å². The van der Waals surface area contributed by atoms with E-state index < -0.39 is 73.9 Å². The average molecular weight is 730 g/mol. The minimum atomic E-state index is -6.83. The van der Waals surface area contributed by atoms with Crippen molar-refractivity contribution in [2.45, 2.75) is 33.7 Å². The molecule has 0 fully saturated rings. The molecule has 1 aliphatic rings. The number of carbonyl (C=O) groups excluding carboxylic acids is 2. The van der Waals surface area contributed by atoms with E-state index in [9.17, 15) is 53.5 Å². The fourth-order valence-electron chi connectivity index (χ4n) is 4.12. The van der Waals surface area contributed by atoms with E-state index in [0.29, 0.717) is 11.0 Å². The molecule has 4 nitrogen and oxygen atoms in total. The standard InChI is InChI=1S/C25H15F12IN2O2/c1-40(20(42)12-7-9-13(26)10-8-12)16-6-2-4-14(17(16)27)19(41)39-18-15(22(28,29)30)5-3-11-21(18,38)23(31,24(32,33)34)25(35,36)37/h2-11,18H,1H3,(H,39,41). The molecular formula is C25H15F12IN2O2. The first kappa shape index (κ1) is 33.3. The molecule has 1 N–H and O–H groups in total. The van der Waals surface area contributed by atoms with Gasteiger partial charge in [0, 0.05) is 12.6 Å². The number of amides is 2. The van der Waals surface area contributed by atoms with Crippen LogP contribution in [-0.4, -0.2) is 52.5 Å². The zero-order valence-corrected chi connectivity index (χ0v) is 22.7. The molecule has 17 heteroatoms. The molecule has 2 aromatic carbocycles. The molecule has 2 unspecified atom stereocenters. The lowest BCUT2D eigenvalue weighted by Gasteiger charge is -2.47. The Hall–Kier alpha value is -3.25. The van der Waals surface area contributed by atoms with E-state index in [4.69, 9.17) is 0 Å². The van der Waals surface area contributed by atoms with Crippen molar-refractivity contribution in [3.8, 4) is 0 Å². The van der Waals surface area contributed by atoms with Crippen molar-refractivity contribution in [1.82, 2.24) is 5.32 Å². The van der Waals surface area contributed by atoms with Gasteiger partial charge >= 0.3 is 24.2 Å². The Morgan fingerprint density at radius 2 is 1.43 bits per heavy atom. The van der Waals surface area contributed by atoms with E-state index in [2.05, 4.69) is 0 Å². The van der Waals surface area contributed by atoms with Crippen LogP contribution in [0.2, 0.25) is 0 Å². The van der Waals surface area contributed by atoms with E-state index >= 15 is 8.78 Å². The fraction of sp³-hybridized carbons (Fsp3) is 0.280. The number of benzene rings is 2. The number of halogens is 13. The van der Waals surface area contributed by atoms with Crippen molar-refractivity contribution in [3.63, 3.8) is 0 Å². The van der Waals surface area contributed by atoms with Gasteiger partial charge in [-0.3, -0.25) is 9.59 Å². The lowest BCUT2D eigenvalue weighted by Crippen LogP contribution is -2.72.